The zero-order valence-electron chi connectivity index (χ0n) is 42.8. The Morgan fingerprint density at radius 3 is 1.55 bits per heavy atom. The summed E-state index contributed by atoms with van der Waals surface area (Å²) >= 11 is 0. The molecule has 26 atom stereocenters. The quantitative estimate of drug-likeness (QED) is 0.0705. The van der Waals surface area contributed by atoms with Gasteiger partial charge in [0.1, 0.15) is 12.2 Å². The van der Waals surface area contributed by atoms with Crippen molar-refractivity contribution in [3.63, 3.8) is 0 Å². The van der Waals surface area contributed by atoms with Crippen molar-refractivity contribution in [3.05, 3.63) is 31.3 Å². The minimum absolute atomic E-state index is 0.0637. The molecule has 6 aliphatic heterocycles. The molecule has 6 heterocycles. The number of ether oxygens (including phenoxy) is 12. The summed E-state index contributed by atoms with van der Waals surface area (Å²) in [6.45, 7) is 24.0. The maximum absolute atomic E-state index is 13.6. The van der Waals surface area contributed by atoms with E-state index in [2.05, 4.69) is 43.9 Å². The highest BCUT2D eigenvalue weighted by Crippen LogP contribution is 2.44. The summed E-state index contributed by atoms with van der Waals surface area (Å²) in [4.78, 5) is 23.1. The highest BCUT2D eigenvalue weighted by atomic mass is 16.8. The van der Waals surface area contributed by atoms with Crippen molar-refractivity contribution in [2.24, 2.45) is 56.8 Å². The van der Waals surface area contributed by atoms with E-state index in [0.717, 1.165) is 19.3 Å². The molecule has 0 aromatic carbocycles. The summed E-state index contributed by atoms with van der Waals surface area (Å²) in [5, 5.41) is 12.4. The number of methoxy groups -OCH3 is 1. The average Bonchev–Trinajstić information content (AvgIpc) is 3.34. The van der Waals surface area contributed by atoms with Crippen LogP contribution < -0.4 is 0 Å². The first kappa shape index (κ1) is 55.4. The molecule has 9 unspecified atom stereocenters. The van der Waals surface area contributed by atoms with Crippen LogP contribution >= 0.6 is 0 Å². The fourth-order valence-corrected chi connectivity index (χ4v) is 11.3. The first-order valence-corrected chi connectivity index (χ1v) is 25.4. The number of nitrogens with zero attached hydrogens (tertiary/aromatic N) is 9. The molecular weight excluding hydrogens is 899 g/mol. The van der Waals surface area contributed by atoms with E-state index in [4.69, 9.17) is 56.8 Å². The fraction of sp³-hybridized carbons (Fsp3) is 0.979. The van der Waals surface area contributed by atoms with Crippen LogP contribution in [0.2, 0.25) is 0 Å². The number of carbonyl (C=O) groups excluding carboxylic acids is 1. The average molecular weight is 978 g/mol. The van der Waals surface area contributed by atoms with E-state index in [-0.39, 0.29) is 47.6 Å². The lowest BCUT2D eigenvalue weighted by atomic mass is 9.81. The van der Waals surface area contributed by atoms with Crippen LogP contribution in [0.5, 0.6) is 0 Å². The summed E-state index contributed by atoms with van der Waals surface area (Å²) < 4.78 is 78.4. The van der Waals surface area contributed by atoms with Crippen LogP contribution in [0.4, 0.5) is 0 Å². The Bertz CT molecular complexity index is 1820. The highest BCUT2D eigenvalue weighted by Gasteiger charge is 2.55. The minimum Gasteiger partial charge on any atom is -0.355 e. The molecule has 6 fully saturated rings. The maximum Gasteiger partial charge on any atom is 0.185 e. The van der Waals surface area contributed by atoms with Crippen molar-refractivity contribution in [2.75, 3.05) is 13.7 Å². The standard InChI is InChI=1S/C47H79N9O13/c1-14-30-21(4)22(5)34(51-54-48)45(61-30)68-40-27(10)41(64-33-19-17-18-20-59-33)47(69-42(40)28(11)57)67-39-26(9)36(53-56-50)46(63-32(39)16-3)65-37-23(6)24(7)43(60-29(37)12)66-38-25(8)35(52-55-49)44(58-13)62-31(38)15-2/h21-27,29-47H,14-20H2,1-13H3/t21-,22-,23+,24?,25+,26+,27-,29?,30-,31?,32?,33?,34?,35?,36?,37-,38-,39-,40-,41?,42-,43+,44-,45+,46+,47+/m0/s1. The number of ketones is 1. The van der Waals surface area contributed by atoms with Gasteiger partial charge in [-0.25, -0.2) is 0 Å². The number of Topliss-reactive ketones (excluding diaryl/α,β-unsaturated/α-hetero) is 1. The number of rotatable bonds is 18. The molecule has 0 spiro atoms. The van der Waals surface area contributed by atoms with Crippen LogP contribution in [-0.4, -0.2) is 136 Å². The van der Waals surface area contributed by atoms with Crippen LogP contribution in [-0.2, 0) is 61.6 Å². The first-order chi connectivity index (χ1) is 33.1. The number of hydrogen-bond donors (Lipinski definition) is 0. The second kappa shape index (κ2) is 25.2. The molecule has 6 aliphatic rings. The van der Waals surface area contributed by atoms with Crippen LogP contribution in [0.3, 0.4) is 0 Å². The molecule has 22 nitrogen and oxygen atoms in total. The van der Waals surface area contributed by atoms with Gasteiger partial charge in [-0.05, 0) is 98.6 Å². The Balaban J connectivity index is 1.21. The lowest BCUT2D eigenvalue weighted by Gasteiger charge is -2.52. The summed E-state index contributed by atoms with van der Waals surface area (Å²) in [6, 6.07) is -2.09. The Labute approximate surface area is 406 Å². The van der Waals surface area contributed by atoms with E-state index in [1.807, 2.05) is 62.3 Å². The normalized spacial score (nSPS) is 47.2. The Morgan fingerprint density at radius 2 is 1.03 bits per heavy atom. The zero-order chi connectivity index (χ0) is 50.3. The number of azide groups is 3. The predicted molar refractivity (Wildman–Crippen MR) is 248 cm³/mol. The summed E-state index contributed by atoms with van der Waals surface area (Å²) in [5.41, 5.74) is 28.9. The topological polar surface area (TPSA) is 274 Å². The van der Waals surface area contributed by atoms with Crippen molar-refractivity contribution >= 4 is 5.78 Å². The highest BCUT2D eigenvalue weighted by molar-refractivity contribution is 5.81. The maximum atomic E-state index is 13.6. The van der Waals surface area contributed by atoms with Crippen molar-refractivity contribution in [1.82, 2.24) is 0 Å². The first-order valence-electron chi connectivity index (χ1n) is 25.4. The monoisotopic (exact) mass is 978 g/mol. The van der Waals surface area contributed by atoms with Gasteiger partial charge >= 0.3 is 0 Å². The zero-order valence-corrected chi connectivity index (χ0v) is 42.8. The Hall–Kier alpha value is -2.88. The smallest absolute Gasteiger partial charge is 0.185 e. The minimum atomic E-state index is -1.10. The van der Waals surface area contributed by atoms with Gasteiger partial charge in [-0.2, -0.15) is 0 Å². The van der Waals surface area contributed by atoms with Gasteiger partial charge in [0.05, 0.1) is 67.0 Å². The third-order valence-corrected chi connectivity index (χ3v) is 16.0. The van der Waals surface area contributed by atoms with Crippen molar-refractivity contribution < 1.29 is 61.6 Å². The second-order valence-corrected chi connectivity index (χ2v) is 20.2. The molecule has 22 heteroatoms. The van der Waals surface area contributed by atoms with Gasteiger partial charge < -0.3 is 56.8 Å². The van der Waals surface area contributed by atoms with Gasteiger partial charge in [-0.1, -0.05) is 84.6 Å². The lowest BCUT2D eigenvalue weighted by molar-refractivity contribution is -0.369. The molecule has 390 valence electrons. The third-order valence-electron chi connectivity index (χ3n) is 16.0. The van der Waals surface area contributed by atoms with Gasteiger partial charge in [0.15, 0.2) is 43.5 Å². The van der Waals surface area contributed by atoms with Crippen LogP contribution in [0.15, 0.2) is 15.3 Å². The number of carbonyl (C=O) groups is 1. The van der Waals surface area contributed by atoms with Crippen LogP contribution in [0.1, 0.15) is 122 Å². The Kier molecular flexibility index (Phi) is 20.2. The van der Waals surface area contributed by atoms with Crippen molar-refractivity contribution in [1.29, 1.82) is 0 Å². The van der Waals surface area contributed by atoms with E-state index in [0.29, 0.717) is 25.9 Å². The summed E-state index contributed by atoms with van der Waals surface area (Å²) in [7, 11) is 1.53. The predicted octanol–water partition coefficient (Wildman–Crippen LogP) is 9.04. The van der Waals surface area contributed by atoms with Gasteiger partial charge in [0.2, 0.25) is 0 Å². The van der Waals surface area contributed by atoms with Crippen molar-refractivity contribution in [2.45, 2.75) is 239 Å². The second-order valence-electron chi connectivity index (χ2n) is 20.2. The molecule has 0 N–H and O–H groups in total. The van der Waals surface area contributed by atoms with Gasteiger partial charge in [-0.3, -0.25) is 4.79 Å². The molecule has 0 radical (unpaired) electrons. The SMILES string of the molecule is CCC1O[C@H](O[C@@H]2C(C)O[C@H](O[C@@H]3C(CC)O[C@H](OC)C(N=[N+]=[N-])[C@H]3C)C(C)[C@H]2C)C(N=[N+]=[N-])[C@@H](C)[C@@H]1O[C@@H]1O[C@@H](C(C)=O)[C@@H](O[C@H]2O[C@@H](CC)[C@@H](C)[C@H](C)C2N=[N+]=[N-])[C@H](C)C1OC1CCCCO1. The van der Waals surface area contributed by atoms with Gasteiger partial charge in [0.25, 0.3) is 0 Å². The molecule has 6 saturated heterocycles. The molecular formula is C47H79N9O13. The molecule has 0 amide bonds. The Morgan fingerprint density at radius 1 is 0.522 bits per heavy atom. The molecule has 0 aliphatic carbocycles. The third kappa shape index (κ3) is 12.2. The number of hydrogen-bond acceptors (Lipinski definition) is 16. The van der Waals surface area contributed by atoms with Crippen LogP contribution in [0.25, 0.3) is 31.3 Å². The van der Waals surface area contributed by atoms with E-state index in [9.17, 15) is 21.4 Å². The molecule has 6 rings (SSSR count). The molecule has 0 aromatic heterocycles. The summed E-state index contributed by atoms with van der Waals surface area (Å²) in [6.07, 6.45) is -6.50. The van der Waals surface area contributed by atoms with Crippen molar-refractivity contribution in [3.8, 4) is 0 Å². The van der Waals surface area contributed by atoms with E-state index in [1.165, 1.54) is 14.0 Å². The van der Waals surface area contributed by atoms with E-state index >= 15 is 0 Å². The van der Waals surface area contributed by atoms with Gasteiger partial charge in [0, 0.05) is 40.3 Å². The van der Waals surface area contributed by atoms with Gasteiger partial charge in [-0.15, -0.1) is 0 Å². The van der Waals surface area contributed by atoms with Crippen LogP contribution in [0, 0.1) is 41.4 Å². The lowest BCUT2D eigenvalue weighted by Crippen LogP contribution is -2.63. The molecule has 0 saturated carbocycles. The molecule has 69 heavy (non-hydrogen) atoms. The van der Waals surface area contributed by atoms with E-state index < -0.39 is 117 Å². The summed E-state index contributed by atoms with van der Waals surface area (Å²) in [5.74, 6) is -1.76. The fourth-order valence-electron chi connectivity index (χ4n) is 11.3. The largest absolute Gasteiger partial charge is 0.355 e. The molecule has 0 aromatic rings. The molecule has 0 bridgehead atoms. The van der Waals surface area contributed by atoms with E-state index in [1.54, 1.807) is 0 Å².